The number of rotatable bonds is 3. The van der Waals surface area contributed by atoms with Crippen molar-refractivity contribution in [1.29, 1.82) is 0 Å². The summed E-state index contributed by atoms with van der Waals surface area (Å²) in [7, 11) is 3.44. The highest BCUT2D eigenvalue weighted by molar-refractivity contribution is 6.06. The van der Waals surface area contributed by atoms with E-state index in [9.17, 15) is 4.79 Å². The summed E-state index contributed by atoms with van der Waals surface area (Å²) in [5.74, 6) is 0.969. The molecule has 7 heteroatoms. The average molecular weight is 338 g/mol. The Bertz CT molecular complexity index is 914. The molecule has 0 spiro atoms. The SMILES string of the molecule is COc1cccc2c1N(C(=O)c1cc(-c3ccn(C)n3)on1)CCC2. The van der Waals surface area contributed by atoms with Gasteiger partial charge in [-0.15, -0.1) is 0 Å². The number of aromatic nitrogens is 3. The minimum Gasteiger partial charge on any atom is -0.495 e. The number of methoxy groups -OCH3 is 1. The number of hydrogen-bond donors (Lipinski definition) is 0. The van der Waals surface area contributed by atoms with Crippen molar-refractivity contribution in [3.05, 3.63) is 47.8 Å². The molecule has 3 heterocycles. The molecule has 0 saturated heterocycles. The Hall–Kier alpha value is -3.09. The molecule has 128 valence electrons. The van der Waals surface area contributed by atoms with Crippen LogP contribution in [0.25, 0.3) is 11.5 Å². The highest BCUT2D eigenvalue weighted by Crippen LogP contribution is 2.37. The Morgan fingerprint density at radius 1 is 1.32 bits per heavy atom. The van der Waals surface area contributed by atoms with Gasteiger partial charge >= 0.3 is 0 Å². The van der Waals surface area contributed by atoms with E-state index >= 15 is 0 Å². The normalized spacial score (nSPS) is 13.6. The second-order valence-corrected chi connectivity index (χ2v) is 5.98. The van der Waals surface area contributed by atoms with Gasteiger partial charge in [0, 0.05) is 25.9 Å². The molecule has 2 aromatic heterocycles. The molecule has 0 fully saturated rings. The largest absolute Gasteiger partial charge is 0.495 e. The van der Waals surface area contributed by atoms with Crippen LogP contribution in [0.15, 0.2) is 41.1 Å². The van der Waals surface area contributed by atoms with Crippen molar-refractivity contribution in [3.63, 3.8) is 0 Å². The molecule has 0 bridgehead atoms. The molecule has 1 aliphatic heterocycles. The molecule has 1 aliphatic rings. The fraction of sp³-hybridized carbons (Fsp3) is 0.278. The van der Waals surface area contributed by atoms with Crippen LogP contribution in [0, 0.1) is 0 Å². The fourth-order valence-corrected chi connectivity index (χ4v) is 3.16. The number of amides is 1. The van der Waals surface area contributed by atoms with Crippen molar-refractivity contribution < 1.29 is 14.1 Å². The average Bonchev–Trinajstić information content (AvgIpc) is 3.29. The molecule has 0 N–H and O–H groups in total. The Morgan fingerprint density at radius 2 is 2.20 bits per heavy atom. The third kappa shape index (κ3) is 2.67. The van der Waals surface area contributed by atoms with Gasteiger partial charge in [-0.05, 0) is 30.5 Å². The van der Waals surface area contributed by atoms with Gasteiger partial charge in [0.2, 0.25) is 0 Å². The molecular weight excluding hydrogens is 320 g/mol. The van der Waals surface area contributed by atoms with Gasteiger partial charge in [0.15, 0.2) is 11.5 Å². The van der Waals surface area contributed by atoms with Crippen LogP contribution < -0.4 is 9.64 Å². The van der Waals surface area contributed by atoms with E-state index in [2.05, 4.69) is 10.3 Å². The van der Waals surface area contributed by atoms with E-state index in [-0.39, 0.29) is 11.6 Å². The van der Waals surface area contributed by atoms with Crippen LogP contribution in [-0.4, -0.2) is 34.5 Å². The van der Waals surface area contributed by atoms with Gasteiger partial charge in [-0.3, -0.25) is 9.48 Å². The summed E-state index contributed by atoms with van der Waals surface area (Å²) in [6.45, 7) is 0.623. The lowest BCUT2D eigenvalue weighted by molar-refractivity contribution is 0.0975. The van der Waals surface area contributed by atoms with E-state index in [1.54, 1.807) is 22.8 Å². The van der Waals surface area contributed by atoms with Gasteiger partial charge in [-0.2, -0.15) is 5.10 Å². The van der Waals surface area contributed by atoms with Gasteiger partial charge in [0.25, 0.3) is 5.91 Å². The number of nitrogens with zero attached hydrogens (tertiary/aromatic N) is 4. The number of fused-ring (bicyclic) bond motifs is 1. The summed E-state index contributed by atoms with van der Waals surface area (Å²) < 4.78 is 12.4. The van der Waals surface area contributed by atoms with Crippen LogP contribution >= 0.6 is 0 Å². The highest BCUT2D eigenvalue weighted by atomic mass is 16.5. The Balaban J connectivity index is 1.68. The smallest absolute Gasteiger partial charge is 0.280 e. The van der Waals surface area contributed by atoms with E-state index < -0.39 is 0 Å². The molecule has 3 aromatic rings. The minimum atomic E-state index is -0.198. The zero-order chi connectivity index (χ0) is 17.4. The van der Waals surface area contributed by atoms with Crippen LogP contribution in [0.5, 0.6) is 5.75 Å². The lowest BCUT2D eigenvalue weighted by Gasteiger charge is -2.30. The second kappa shape index (κ2) is 6.08. The van der Waals surface area contributed by atoms with Crippen LogP contribution in [-0.2, 0) is 13.5 Å². The van der Waals surface area contributed by atoms with Crippen LogP contribution in [0.4, 0.5) is 5.69 Å². The molecular formula is C18H18N4O3. The zero-order valence-corrected chi connectivity index (χ0v) is 14.1. The maximum absolute atomic E-state index is 13.0. The Morgan fingerprint density at radius 3 is 2.96 bits per heavy atom. The predicted octanol–water partition coefficient (Wildman–Crippen LogP) is 2.68. The van der Waals surface area contributed by atoms with Gasteiger partial charge in [-0.1, -0.05) is 17.3 Å². The lowest BCUT2D eigenvalue weighted by Crippen LogP contribution is -2.36. The van der Waals surface area contributed by atoms with E-state index in [1.165, 1.54) is 0 Å². The van der Waals surface area contributed by atoms with Gasteiger partial charge in [0.05, 0.1) is 12.8 Å². The summed E-state index contributed by atoms with van der Waals surface area (Å²) in [6.07, 6.45) is 3.64. The lowest BCUT2D eigenvalue weighted by atomic mass is 10.0. The first-order chi connectivity index (χ1) is 12.2. The maximum Gasteiger partial charge on any atom is 0.280 e. The third-order valence-corrected chi connectivity index (χ3v) is 4.34. The fourth-order valence-electron chi connectivity index (χ4n) is 3.16. The van der Waals surface area contributed by atoms with Gasteiger partial charge < -0.3 is 14.2 Å². The molecule has 0 aliphatic carbocycles. The van der Waals surface area contributed by atoms with Crippen molar-refractivity contribution in [2.75, 3.05) is 18.6 Å². The van der Waals surface area contributed by atoms with Crippen LogP contribution in [0.2, 0.25) is 0 Å². The second-order valence-electron chi connectivity index (χ2n) is 5.98. The minimum absolute atomic E-state index is 0.198. The van der Waals surface area contributed by atoms with Crippen molar-refractivity contribution in [1.82, 2.24) is 14.9 Å². The summed E-state index contributed by atoms with van der Waals surface area (Å²) in [5, 5.41) is 8.22. The molecule has 0 radical (unpaired) electrons. The summed E-state index contributed by atoms with van der Waals surface area (Å²) in [4.78, 5) is 14.7. The molecule has 0 unspecified atom stereocenters. The quantitative estimate of drug-likeness (QED) is 0.734. The number of aryl methyl sites for hydroxylation is 2. The molecule has 0 atom stereocenters. The van der Waals surface area contributed by atoms with Gasteiger partial charge in [-0.25, -0.2) is 0 Å². The van der Waals surface area contributed by atoms with Crippen molar-refractivity contribution in [2.24, 2.45) is 7.05 Å². The molecule has 7 nitrogen and oxygen atoms in total. The number of para-hydroxylation sites is 1. The van der Waals surface area contributed by atoms with E-state index in [1.807, 2.05) is 37.5 Å². The maximum atomic E-state index is 13.0. The summed E-state index contributed by atoms with van der Waals surface area (Å²) >= 11 is 0. The van der Waals surface area contributed by atoms with Crippen LogP contribution in [0.3, 0.4) is 0 Å². The molecule has 1 aromatic carbocycles. The number of benzene rings is 1. The first kappa shape index (κ1) is 15.4. The number of ether oxygens (including phenoxy) is 1. The number of carbonyl (C=O) groups excluding carboxylic acids is 1. The van der Waals surface area contributed by atoms with Crippen molar-refractivity contribution in [3.8, 4) is 17.2 Å². The Kier molecular flexibility index (Phi) is 3.76. The third-order valence-electron chi connectivity index (χ3n) is 4.34. The van der Waals surface area contributed by atoms with Crippen LogP contribution in [0.1, 0.15) is 22.5 Å². The van der Waals surface area contributed by atoms with Gasteiger partial charge in [0.1, 0.15) is 11.4 Å². The molecule has 4 rings (SSSR count). The number of hydrogen-bond acceptors (Lipinski definition) is 5. The van der Waals surface area contributed by atoms with E-state index in [0.717, 1.165) is 24.1 Å². The first-order valence-electron chi connectivity index (χ1n) is 8.12. The number of carbonyl (C=O) groups is 1. The summed E-state index contributed by atoms with van der Waals surface area (Å²) in [5.41, 5.74) is 2.83. The van der Waals surface area contributed by atoms with Crippen molar-refractivity contribution in [2.45, 2.75) is 12.8 Å². The zero-order valence-electron chi connectivity index (χ0n) is 14.1. The molecule has 0 saturated carbocycles. The highest BCUT2D eigenvalue weighted by Gasteiger charge is 2.29. The van der Waals surface area contributed by atoms with Crippen molar-refractivity contribution >= 4 is 11.6 Å². The first-order valence-corrected chi connectivity index (χ1v) is 8.12. The Labute approximate surface area is 144 Å². The predicted molar refractivity (Wildman–Crippen MR) is 91.7 cm³/mol. The monoisotopic (exact) mass is 338 g/mol. The van der Waals surface area contributed by atoms with E-state index in [4.69, 9.17) is 9.26 Å². The van der Waals surface area contributed by atoms with E-state index in [0.29, 0.717) is 23.7 Å². The number of anilines is 1. The standard InChI is InChI=1S/C18H18N4O3/c1-21-10-8-13(19-21)16-11-14(20-25-16)18(23)22-9-4-6-12-5-3-7-15(24-2)17(12)22/h3,5,7-8,10-11H,4,6,9H2,1-2H3. The molecule has 1 amide bonds. The molecule has 25 heavy (non-hydrogen) atoms. The topological polar surface area (TPSA) is 73.4 Å². The summed E-state index contributed by atoms with van der Waals surface area (Å²) in [6, 6.07) is 9.29.